The van der Waals surface area contributed by atoms with Crippen LogP contribution in [0.25, 0.3) is 33.0 Å². The third-order valence-corrected chi connectivity index (χ3v) is 8.82. The van der Waals surface area contributed by atoms with Crippen LogP contribution in [0.15, 0.2) is 64.4 Å². The van der Waals surface area contributed by atoms with Crippen LogP contribution in [0.1, 0.15) is 0 Å². The van der Waals surface area contributed by atoms with Gasteiger partial charge in [-0.3, -0.25) is 0 Å². The van der Waals surface area contributed by atoms with E-state index in [1.54, 1.807) is 0 Å². The second-order valence-corrected chi connectivity index (χ2v) is 12.0. The van der Waals surface area contributed by atoms with E-state index < -0.39 is 35.4 Å². The van der Waals surface area contributed by atoms with Gasteiger partial charge in [0.15, 0.2) is 0 Å². The summed E-state index contributed by atoms with van der Waals surface area (Å²) in [6.45, 7) is 0. The number of primary sulfonamides is 2. The molecule has 0 saturated carbocycles. The lowest BCUT2D eigenvalue weighted by Gasteiger charge is -2.22. The van der Waals surface area contributed by atoms with Gasteiger partial charge in [0.1, 0.15) is 5.75 Å². The topological polar surface area (TPSA) is 141 Å². The minimum Gasteiger partial charge on any atom is -0.508 e. The molecule has 5 N–H and O–H groups in total. The van der Waals surface area contributed by atoms with Crippen LogP contribution < -0.4 is 10.3 Å². The van der Waals surface area contributed by atoms with E-state index in [0.29, 0.717) is 0 Å². The number of hydrogen-bond acceptors (Lipinski definition) is 5. The summed E-state index contributed by atoms with van der Waals surface area (Å²) in [6, 6.07) is 12.5. The molecular weight excluding hydrogens is 578 g/mol. The number of sulfonamides is 2. The highest BCUT2D eigenvalue weighted by molar-refractivity contribution is 7.90. The molecule has 0 aromatic heterocycles. The number of halogens is 4. The molecule has 0 unspecified atom stereocenters. The average molecular weight is 592 g/mol. The van der Waals surface area contributed by atoms with E-state index in [9.17, 15) is 21.9 Å². The Kier molecular flexibility index (Phi) is 6.76. The summed E-state index contributed by atoms with van der Waals surface area (Å²) in [5.74, 6) is -0.308. The van der Waals surface area contributed by atoms with Crippen molar-refractivity contribution in [3.8, 4) is 28.0 Å². The molecule has 0 atom stereocenters. The molecule has 0 heterocycles. The average Bonchev–Trinajstić information content (AvgIpc) is 2.74. The fraction of sp³-hybridized carbons (Fsp3) is 0. The van der Waals surface area contributed by atoms with Crippen molar-refractivity contribution >= 4 is 77.2 Å². The first-order chi connectivity index (χ1) is 16.2. The van der Waals surface area contributed by atoms with Gasteiger partial charge in [-0.15, -0.1) is 0 Å². The van der Waals surface area contributed by atoms with Crippen LogP contribution in [0.3, 0.4) is 0 Å². The Morgan fingerprint density at radius 2 is 1.11 bits per heavy atom. The first-order valence-corrected chi connectivity index (χ1v) is 14.1. The van der Waals surface area contributed by atoms with E-state index in [2.05, 4.69) is 0 Å². The summed E-state index contributed by atoms with van der Waals surface area (Å²) >= 11 is 25.2. The third kappa shape index (κ3) is 4.59. The highest BCUT2D eigenvalue weighted by Gasteiger charge is 2.34. The zero-order chi connectivity index (χ0) is 25.9. The van der Waals surface area contributed by atoms with Crippen molar-refractivity contribution < 1.29 is 21.9 Å². The summed E-state index contributed by atoms with van der Waals surface area (Å²) in [5.41, 5.74) is -0.420. The van der Waals surface area contributed by atoms with Crippen molar-refractivity contribution in [2.45, 2.75) is 9.79 Å². The molecule has 0 aliphatic carbocycles. The van der Waals surface area contributed by atoms with Crippen molar-refractivity contribution in [2.24, 2.45) is 10.3 Å². The zero-order valence-electron chi connectivity index (χ0n) is 17.3. The molecule has 7 nitrogen and oxygen atoms in total. The van der Waals surface area contributed by atoms with Crippen LogP contribution in [-0.2, 0) is 20.0 Å². The Hall–Kier alpha value is -2.08. The fourth-order valence-corrected chi connectivity index (χ4v) is 6.74. The van der Waals surface area contributed by atoms with E-state index in [0.717, 1.165) is 6.07 Å². The van der Waals surface area contributed by atoms with Gasteiger partial charge in [-0.25, -0.2) is 27.1 Å². The van der Waals surface area contributed by atoms with Crippen molar-refractivity contribution in [2.75, 3.05) is 0 Å². The Balaban J connectivity index is 2.48. The number of hydrogen-bond donors (Lipinski definition) is 3. The highest BCUT2D eigenvalue weighted by atomic mass is 35.5. The van der Waals surface area contributed by atoms with Crippen LogP contribution in [0, 0.1) is 0 Å². The lowest BCUT2D eigenvalue weighted by atomic mass is 9.92. The Bertz CT molecular complexity index is 1760. The summed E-state index contributed by atoms with van der Waals surface area (Å²) in [4.78, 5) is -1.24. The van der Waals surface area contributed by atoms with E-state index in [4.69, 9.17) is 56.7 Å². The largest absolute Gasteiger partial charge is 0.508 e. The first-order valence-electron chi connectivity index (χ1n) is 9.50. The van der Waals surface area contributed by atoms with Crippen LogP contribution in [0.4, 0.5) is 0 Å². The molecule has 4 rings (SSSR count). The van der Waals surface area contributed by atoms with Gasteiger partial charge in [-0.2, -0.15) is 0 Å². The summed E-state index contributed by atoms with van der Waals surface area (Å²) in [7, 11) is -9.34. The van der Waals surface area contributed by atoms with Gasteiger partial charge < -0.3 is 5.11 Å². The maximum Gasteiger partial charge on any atom is 0.239 e. The molecule has 0 aliphatic rings. The van der Waals surface area contributed by atoms with Crippen molar-refractivity contribution in [3.05, 3.63) is 74.7 Å². The van der Waals surface area contributed by atoms with Crippen LogP contribution in [0.5, 0.6) is 5.75 Å². The maximum atomic E-state index is 13.1. The van der Waals surface area contributed by atoms with Crippen molar-refractivity contribution in [1.82, 2.24) is 0 Å². The zero-order valence-corrected chi connectivity index (χ0v) is 21.9. The Morgan fingerprint density at radius 1 is 0.629 bits per heavy atom. The van der Waals surface area contributed by atoms with E-state index >= 15 is 0 Å². The lowest BCUT2D eigenvalue weighted by molar-refractivity contribution is 0.476. The molecule has 0 aliphatic heterocycles. The predicted molar refractivity (Wildman–Crippen MR) is 139 cm³/mol. The highest BCUT2D eigenvalue weighted by Crippen LogP contribution is 2.50. The lowest BCUT2D eigenvalue weighted by Crippen LogP contribution is -2.20. The number of phenolic OH excluding ortho intramolecular Hbond substituents is 1. The van der Waals surface area contributed by atoms with Crippen LogP contribution in [0.2, 0.25) is 20.1 Å². The van der Waals surface area contributed by atoms with Gasteiger partial charge in [0.2, 0.25) is 20.0 Å². The molecule has 0 bridgehead atoms. The molecule has 0 radical (unpaired) electrons. The van der Waals surface area contributed by atoms with Gasteiger partial charge in [0.05, 0.1) is 29.9 Å². The van der Waals surface area contributed by atoms with Gasteiger partial charge in [-0.05, 0) is 35.7 Å². The number of fused-ring (bicyclic) bond motifs is 1. The van der Waals surface area contributed by atoms with E-state index in [-0.39, 0.29) is 53.3 Å². The molecule has 0 amide bonds. The number of aromatic hydroxyl groups is 1. The normalized spacial score (nSPS) is 12.3. The fourth-order valence-electron chi connectivity index (χ4n) is 3.91. The third-order valence-electron chi connectivity index (χ3n) is 5.21. The minimum absolute atomic E-state index is 0.0139. The minimum atomic E-state index is -4.69. The second-order valence-electron chi connectivity index (χ2n) is 7.43. The molecule has 35 heavy (non-hydrogen) atoms. The molecular formula is C22H14Cl4N2O5S2. The Morgan fingerprint density at radius 3 is 1.60 bits per heavy atom. The molecule has 4 aromatic carbocycles. The maximum absolute atomic E-state index is 13.1. The molecule has 182 valence electrons. The van der Waals surface area contributed by atoms with Crippen LogP contribution >= 0.6 is 46.4 Å². The van der Waals surface area contributed by atoms with Crippen molar-refractivity contribution in [1.29, 1.82) is 0 Å². The Labute approximate surface area is 220 Å². The molecule has 0 saturated heterocycles. The molecule has 4 aromatic rings. The second kappa shape index (κ2) is 9.10. The van der Waals surface area contributed by atoms with Gasteiger partial charge in [0.25, 0.3) is 0 Å². The van der Waals surface area contributed by atoms with E-state index in [1.165, 1.54) is 48.5 Å². The summed E-state index contributed by atoms with van der Waals surface area (Å²) in [5, 5.41) is 21.4. The van der Waals surface area contributed by atoms with Crippen LogP contribution in [-0.4, -0.2) is 21.9 Å². The summed E-state index contributed by atoms with van der Waals surface area (Å²) in [6.07, 6.45) is 0. The number of phenols is 1. The molecule has 0 fully saturated rings. The standard InChI is InChI=1S/C22H14Cl4N2O5S2/c23-15-5-1-3-12(19(15)25)17-11-8-7-10(29)9-14(11)21(34(27,30)31)18(22(17)35(28,32)33)13-4-2-6-16(24)20(13)26/h1-9,29H,(H2,27,30,31)(H2,28,32,33). The molecule has 0 spiro atoms. The quantitative estimate of drug-likeness (QED) is 0.275. The summed E-state index contributed by atoms with van der Waals surface area (Å²) < 4.78 is 52.2. The molecule has 13 heteroatoms. The smallest absolute Gasteiger partial charge is 0.239 e. The van der Waals surface area contributed by atoms with Gasteiger partial charge in [0, 0.05) is 27.6 Å². The SMILES string of the molecule is NS(=O)(=O)c1c(-c2cccc(Cl)c2Cl)c(S(N)(=O)=O)c2cc(O)ccc2c1-c1cccc(Cl)c1Cl. The number of rotatable bonds is 4. The predicted octanol–water partition coefficient (Wildman–Crippen LogP) is 5.79. The number of benzene rings is 4. The van der Waals surface area contributed by atoms with Crippen molar-refractivity contribution in [3.63, 3.8) is 0 Å². The first kappa shape index (κ1) is 26.0. The van der Waals surface area contributed by atoms with Gasteiger partial charge >= 0.3 is 0 Å². The monoisotopic (exact) mass is 590 g/mol. The number of nitrogens with two attached hydrogens (primary N) is 2. The van der Waals surface area contributed by atoms with E-state index in [1.807, 2.05) is 0 Å². The van der Waals surface area contributed by atoms with Gasteiger partial charge in [-0.1, -0.05) is 70.7 Å².